The van der Waals surface area contributed by atoms with E-state index in [0.29, 0.717) is 23.0 Å². The third kappa shape index (κ3) is 4.37. The fourth-order valence-corrected chi connectivity index (χ4v) is 6.38. The Hall–Kier alpha value is -6.06. The molecule has 0 atom stereocenters. The van der Waals surface area contributed by atoms with E-state index in [4.69, 9.17) is 15.8 Å². The van der Waals surface area contributed by atoms with Crippen molar-refractivity contribution in [2.24, 2.45) is 0 Å². The molecule has 45 heavy (non-hydrogen) atoms. The first-order chi connectivity index (χ1) is 22.7. The van der Waals surface area contributed by atoms with Crippen molar-refractivity contribution in [1.29, 1.82) is 0 Å². The Kier molecular flexibility index (Phi) is 5.58. The first-order valence-corrected chi connectivity index (χ1v) is 15.1. The van der Waals surface area contributed by atoms with E-state index in [2.05, 4.69) is 84.9 Å². The van der Waals surface area contributed by atoms with Crippen LogP contribution in [-0.2, 0) is 0 Å². The zero-order valence-electron chi connectivity index (χ0n) is 25.2. The lowest BCUT2D eigenvalue weighted by atomic mass is 9.96. The molecule has 0 bridgehead atoms. The van der Waals surface area contributed by atoms with Crippen LogP contribution < -0.4 is 0 Å². The van der Waals surface area contributed by atoms with Crippen LogP contribution in [0.4, 0.5) is 0 Å². The third-order valence-electron chi connectivity index (χ3n) is 8.60. The lowest BCUT2D eigenvalue weighted by Gasteiger charge is -2.10. The summed E-state index contributed by atoms with van der Waals surface area (Å²) in [4.78, 5) is 10.2. The molecule has 0 spiro atoms. The van der Waals surface area contributed by atoms with Gasteiger partial charge in [-0.25, -0.2) is 9.97 Å². The van der Waals surface area contributed by atoms with E-state index in [1.165, 1.54) is 21.5 Å². The highest BCUT2D eigenvalue weighted by molar-refractivity contribution is 6.13. The van der Waals surface area contributed by atoms with Crippen molar-refractivity contribution in [1.82, 2.24) is 9.97 Å². The molecule has 0 aliphatic heterocycles. The summed E-state index contributed by atoms with van der Waals surface area (Å²) in [6, 6.07) is 52.2. The van der Waals surface area contributed by atoms with Gasteiger partial charge in [-0.1, -0.05) is 127 Å². The normalized spacial score (nSPS) is 11.9. The van der Waals surface area contributed by atoms with Gasteiger partial charge in [0.25, 0.3) is 0 Å². The molecule has 0 saturated carbocycles. The van der Waals surface area contributed by atoms with Crippen molar-refractivity contribution in [3.63, 3.8) is 0 Å². The molecule has 2 heterocycles. The summed E-state index contributed by atoms with van der Waals surface area (Å²) in [5.74, 6) is 0.614. The van der Waals surface area contributed by atoms with E-state index >= 15 is 0 Å². The van der Waals surface area contributed by atoms with Crippen LogP contribution in [0.15, 0.2) is 162 Å². The Morgan fingerprint density at radius 3 is 1.89 bits per heavy atom. The van der Waals surface area contributed by atoms with E-state index in [9.17, 15) is 0 Å². The van der Waals surface area contributed by atoms with Crippen LogP contribution in [-0.4, -0.2) is 9.97 Å². The maximum atomic E-state index is 9.00. The molecule has 3 heteroatoms. The maximum Gasteiger partial charge on any atom is 0.161 e. The number of hydrogen-bond donors (Lipinski definition) is 0. The first-order valence-electron chi connectivity index (χ1n) is 15.6. The van der Waals surface area contributed by atoms with Gasteiger partial charge in [0.05, 0.1) is 12.8 Å². The summed E-state index contributed by atoms with van der Waals surface area (Å²) in [7, 11) is 0. The van der Waals surface area contributed by atoms with Gasteiger partial charge in [-0.2, -0.15) is 0 Å². The van der Waals surface area contributed by atoms with Gasteiger partial charge in [0.2, 0.25) is 0 Å². The SMILES string of the molecule is [2H]c1cc(-c2ccc3c(ccc4ccccc43)c2)cc2c1oc1cccc(-c3nc(-c4ccccc4)cc(-c4ccccc4)n3)c12. The quantitative estimate of drug-likeness (QED) is 0.196. The standard InChI is InChI=1S/C42H26N2O/c1-3-11-28(12-4-1)37-26-38(29-13-5-2-6-14-29)44-42(43-37)35-16-9-17-40-41(35)36-25-31(21-23-39(36)45-40)30-20-22-34-32(24-30)19-18-27-10-7-8-15-33(27)34/h1-26H/i23D. The van der Waals surface area contributed by atoms with Crippen molar-refractivity contribution in [3.05, 3.63) is 158 Å². The van der Waals surface area contributed by atoms with Gasteiger partial charge in [-0.05, 0) is 63.0 Å². The minimum absolute atomic E-state index is 0.345. The highest BCUT2D eigenvalue weighted by Gasteiger charge is 2.17. The number of hydrogen-bond acceptors (Lipinski definition) is 3. The van der Waals surface area contributed by atoms with Crippen LogP contribution in [0, 0.1) is 0 Å². The van der Waals surface area contributed by atoms with Gasteiger partial charge < -0.3 is 4.42 Å². The molecule has 7 aromatic carbocycles. The van der Waals surface area contributed by atoms with Crippen LogP contribution in [0.2, 0.25) is 0 Å². The van der Waals surface area contributed by atoms with Gasteiger partial charge in [0, 0.05) is 27.5 Å². The lowest BCUT2D eigenvalue weighted by Crippen LogP contribution is -1.96. The van der Waals surface area contributed by atoms with E-state index in [1.807, 2.05) is 66.7 Å². The van der Waals surface area contributed by atoms with E-state index < -0.39 is 0 Å². The lowest BCUT2D eigenvalue weighted by molar-refractivity contribution is 0.669. The Labute approximate surface area is 261 Å². The fraction of sp³-hybridized carbons (Fsp3) is 0. The summed E-state index contributed by atoms with van der Waals surface area (Å²) in [6.45, 7) is 0. The minimum Gasteiger partial charge on any atom is -0.456 e. The summed E-state index contributed by atoms with van der Waals surface area (Å²) in [6.07, 6.45) is 0. The number of rotatable bonds is 4. The third-order valence-corrected chi connectivity index (χ3v) is 8.60. The summed E-state index contributed by atoms with van der Waals surface area (Å²) in [5, 5.41) is 6.63. The molecule has 0 saturated heterocycles. The highest BCUT2D eigenvalue weighted by atomic mass is 16.3. The number of benzene rings is 7. The molecule has 210 valence electrons. The summed E-state index contributed by atoms with van der Waals surface area (Å²) in [5.41, 5.74) is 7.89. The molecule has 9 rings (SSSR count). The van der Waals surface area contributed by atoms with Crippen molar-refractivity contribution in [2.75, 3.05) is 0 Å². The predicted octanol–water partition coefficient (Wildman–Crippen LogP) is 11.4. The second-order valence-electron chi connectivity index (χ2n) is 11.3. The van der Waals surface area contributed by atoms with Gasteiger partial charge in [0.15, 0.2) is 5.82 Å². The number of fused-ring (bicyclic) bond motifs is 6. The molecule has 0 unspecified atom stereocenters. The Morgan fingerprint density at radius 2 is 1.11 bits per heavy atom. The molecule has 0 amide bonds. The molecule has 0 aliphatic carbocycles. The molecule has 9 aromatic rings. The second kappa shape index (κ2) is 10.3. The molecular weight excluding hydrogens is 548 g/mol. The Balaban J connectivity index is 1.26. The van der Waals surface area contributed by atoms with Crippen molar-refractivity contribution in [3.8, 4) is 45.0 Å². The second-order valence-corrected chi connectivity index (χ2v) is 11.3. The van der Waals surface area contributed by atoms with Crippen LogP contribution in [0.1, 0.15) is 1.37 Å². The number of furan rings is 1. The monoisotopic (exact) mass is 575 g/mol. The average Bonchev–Trinajstić information content (AvgIpc) is 3.51. The van der Waals surface area contributed by atoms with Crippen molar-refractivity contribution < 1.29 is 5.79 Å². The zero-order chi connectivity index (χ0) is 30.6. The zero-order valence-corrected chi connectivity index (χ0v) is 24.2. The van der Waals surface area contributed by atoms with Crippen LogP contribution in [0.25, 0.3) is 88.5 Å². The topological polar surface area (TPSA) is 38.9 Å². The van der Waals surface area contributed by atoms with Gasteiger partial charge in [-0.3, -0.25) is 0 Å². The molecule has 0 aliphatic rings. The van der Waals surface area contributed by atoms with Crippen molar-refractivity contribution >= 4 is 43.5 Å². The largest absolute Gasteiger partial charge is 0.456 e. The Bertz CT molecular complexity index is 2530. The molecule has 2 aromatic heterocycles. The van der Waals surface area contributed by atoms with E-state index in [1.54, 1.807) is 0 Å². The van der Waals surface area contributed by atoms with Gasteiger partial charge in [0.1, 0.15) is 11.2 Å². The van der Waals surface area contributed by atoms with Crippen LogP contribution >= 0.6 is 0 Å². The smallest absolute Gasteiger partial charge is 0.161 e. The van der Waals surface area contributed by atoms with Gasteiger partial charge >= 0.3 is 0 Å². The molecule has 3 nitrogen and oxygen atoms in total. The number of aromatic nitrogens is 2. The molecule has 0 N–H and O–H groups in total. The fourth-order valence-electron chi connectivity index (χ4n) is 6.38. The van der Waals surface area contributed by atoms with Crippen LogP contribution in [0.3, 0.4) is 0 Å². The summed E-state index contributed by atoms with van der Waals surface area (Å²) >= 11 is 0. The maximum absolute atomic E-state index is 9.00. The first kappa shape index (κ1) is 24.4. The molecule has 0 fully saturated rings. The van der Waals surface area contributed by atoms with E-state index in [-0.39, 0.29) is 0 Å². The molecular formula is C42H26N2O. The highest BCUT2D eigenvalue weighted by Crippen LogP contribution is 2.39. The average molecular weight is 576 g/mol. The van der Waals surface area contributed by atoms with E-state index in [0.717, 1.165) is 50.0 Å². The van der Waals surface area contributed by atoms with Crippen molar-refractivity contribution in [2.45, 2.75) is 0 Å². The van der Waals surface area contributed by atoms with Crippen LogP contribution in [0.5, 0.6) is 0 Å². The molecule has 0 radical (unpaired) electrons. The van der Waals surface area contributed by atoms with Gasteiger partial charge in [-0.15, -0.1) is 0 Å². The number of nitrogens with zero attached hydrogens (tertiary/aromatic N) is 2. The predicted molar refractivity (Wildman–Crippen MR) is 186 cm³/mol. The minimum atomic E-state index is 0.345. The summed E-state index contributed by atoms with van der Waals surface area (Å²) < 4.78 is 15.3. The Morgan fingerprint density at radius 1 is 0.444 bits per heavy atom.